The molecule has 2 nitrogen and oxygen atoms in total. The predicted molar refractivity (Wildman–Crippen MR) is 47.6 cm³/mol. The summed E-state index contributed by atoms with van der Waals surface area (Å²) in [6.07, 6.45) is 10.3. The Morgan fingerprint density at radius 1 is 1.50 bits per heavy atom. The molecule has 1 aliphatic heterocycles. The molecule has 1 heterocycles. The third kappa shape index (κ3) is 3.75. The van der Waals surface area contributed by atoms with Crippen LogP contribution in [0.15, 0.2) is 0 Å². The maximum absolute atomic E-state index is 5.47. The number of hydrogen-bond donors (Lipinski definition) is 0. The standard InChI is InChI=1S/C10H16O2/c1-2-3-5-8-11-10-7-4-6-9-12-10/h1,10H,3-9H2. The Balaban J connectivity index is 1.95. The van der Waals surface area contributed by atoms with Crippen molar-refractivity contribution in [1.82, 2.24) is 0 Å². The van der Waals surface area contributed by atoms with Crippen molar-refractivity contribution < 1.29 is 9.47 Å². The van der Waals surface area contributed by atoms with Gasteiger partial charge in [0.05, 0.1) is 6.61 Å². The van der Waals surface area contributed by atoms with Gasteiger partial charge in [-0.15, -0.1) is 12.3 Å². The molecule has 0 amide bonds. The first-order valence-corrected chi connectivity index (χ1v) is 4.60. The lowest BCUT2D eigenvalue weighted by molar-refractivity contribution is -0.162. The molecule has 2 heteroatoms. The molecule has 1 saturated heterocycles. The molecule has 0 bridgehead atoms. The van der Waals surface area contributed by atoms with Gasteiger partial charge in [-0.05, 0) is 25.7 Å². The van der Waals surface area contributed by atoms with E-state index in [0.717, 1.165) is 32.5 Å². The van der Waals surface area contributed by atoms with Gasteiger partial charge in [-0.3, -0.25) is 0 Å². The van der Waals surface area contributed by atoms with E-state index in [9.17, 15) is 0 Å². The molecule has 1 aliphatic rings. The molecular formula is C10H16O2. The van der Waals surface area contributed by atoms with Gasteiger partial charge < -0.3 is 9.47 Å². The van der Waals surface area contributed by atoms with Gasteiger partial charge in [0.2, 0.25) is 0 Å². The van der Waals surface area contributed by atoms with Gasteiger partial charge in [-0.1, -0.05) is 0 Å². The maximum atomic E-state index is 5.47. The van der Waals surface area contributed by atoms with Crippen LogP contribution in [-0.4, -0.2) is 19.5 Å². The van der Waals surface area contributed by atoms with E-state index < -0.39 is 0 Å². The van der Waals surface area contributed by atoms with Crippen LogP contribution < -0.4 is 0 Å². The SMILES string of the molecule is C#CCCCOC1CCCCO1. The van der Waals surface area contributed by atoms with Crippen molar-refractivity contribution in [3.63, 3.8) is 0 Å². The van der Waals surface area contributed by atoms with Crippen LogP contribution in [0.3, 0.4) is 0 Å². The van der Waals surface area contributed by atoms with Gasteiger partial charge in [0, 0.05) is 13.0 Å². The molecule has 0 aliphatic carbocycles. The molecule has 0 aromatic heterocycles. The topological polar surface area (TPSA) is 18.5 Å². The second-order valence-electron chi connectivity index (χ2n) is 2.97. The van der Waals surface area contributed by atoms with Gasteiger partial charge in [0.25, 0.3) is 0 Å². The highest BCUT2D eigenvalue weighted by atomic mass is 16.7. The number of ether oxygens (including phenoxy) is 2. The number of rotatable bonds is 4. The van der Waals surface area contributed by atoms with Crippen LogP contribution in [0.4, 0.5) is 0 Å². The summed E-state index contributed by atoms with van der Waals surface area (Å²) in [5.74, 6) is 2.58. The molecule has 1 rings (SSSR count). The summed E-state index contributed by atoms with van der Waals surface area (Å²) in [7, 11) is 0. The van der Waals surface area contributed by atoms with E-state index in [1.807, 2.05) is 0 Å². The summed E-state index contributed by atoms with van der Waals surface area (Å²) >= 11 is 0. The number of unbranched alkanes of at least 4 members (excludes halogenated alkanes) is 1. The van der Waals surface area contributed by atoms with Gasteiger partial charge >= 0.3 is 0 Å². The lowest BCUT2D eigenvalue weighted by atomic mass is 10.2. The molecular weight excluding hydrogens is 152 g/mol. The maximum Gasteiger partial charge on any atom is 0.157 e. The minimum absolute atomic E-state index is 0.0384. The molecule has 0 N–H and O–H groups in total. The van der Waals surface area contributed by atoms with Crippen LogP contribution in [0, 0.1) is 12.3 Å². The van der Waals surface area contributed by atoms with E-state index in [1.54, 1.807) is 0 Å². The summed E-state index contributed by atoms with van der Waals surface area (Å²) in [6.45, 7) is 1.58. The van der Waals surface area contributed by atoms with Crippen molar-refractivity contribution in [2.75, 3.05) is 13.2 Å². The summed E-state index contributed by atoms with van der Waals surface area (Å²) in [5, 5.41) is 0. The molecule has 0 spiro atoms. The third-order valence-corrected chi connectivity index (χ3v) is 1.91. The minimum atomic E-state index is 0.0384. The fourth-order valence-electron chi connectivity index (χ4n) is 1.23. The van der Waals surface area contributed by atoms with E-state index in [4.69, 9.17) is 15.9 Å². The quantitative estimate of drug-likeness (QED) is 0.472. The van der Waals surface area contributed by atoms with E-state index in [2.05, 4.69) is 5.92 Å². The second-order valence-corrected chi connectivity index (χ2v) is 2.97. The molecule has 0 aromatic rings. The lowest BCUT2D eigenvalue weighted by Crippen LogP contribution is -2.22. The molecule has 12 heavy (non-hydrogen) atoms. The third-order valence-electron chi connectivity index (χ3n) is 1.91. The van der Waals surface area contributed by atoms with Crippen molar-refractivity contribution >= 4 is 0 Å². The molecule has 1 fully saturated rings. The molecule has 0 radical (unpaired) electrons. The van der Waals surface area contributed by atoms with Crippen LogP contribution in [0.5, 0.6) is 0 Å². The van der Waals surface area contributed by atoms with Crippen molar-refractivity contribution in [2.24, 2.45) is 0 Å². The zero-order valence-corrected chi connectivity index (χ0v) is 7.42. The smallest absolute Gasteiger partial charge is 0.157 e. The highest BCUT2D eigenvalue weighted by Crippen LogP contribution is 2.13. The Kier molecular flexibility index (Phi) is 4.82. The minimum Gasteiger partial charge on any atom is -0.353 e. The summed E-state index contributed by atoms with van der Waals surface area (Å²) in [5.41, 5.74) is 0. The van der Waals surface area contributed by atoms with Gasteiger partial charge in [-0.2, -0.15) is 0 Å². The highest BCUT2D eigenvalue weighted by Gasteiger charge is 2.12. The number of hydrogen-bond acceptors (Lipinski definition) is 2. The fourth-order valence-corrected chi connectivity index (χ4v) is 1.23. The summed E-state index contributed by atoms with van der Waals surface area (Å²) in [6, 6.07) is 0. The van der Waals surface area contributed by atoms with Gasteiger partial charge in [0.1, 0.15) is 0 Å². The first-order valence-electron chi connectivity index (χ1n) is 4.60. The Morgan fingerprint density at radius 2 is 2.42 bits per heavy atom. The van der Waals surface area contributed by atoms with Crippen molar-refractivity contribution in [2.45, 2.75) is 38.4 Å². The van der Waals surface area contributed by atoms with E-state index in [-0.39, 0.29) is 6.29 Å². The first kappa shape index (κ1) is 9.57. The zero-order valence-electron chi connectivity index (χ0n) is 7.42. The average Bonchev–Trinajstić information content (AvgIpc) is 2.14. The summed E-state index contributed by atoms with van der Waals surface area (Å²) in [4.78, 5) is 0. The largest absolute Gasteiger partial charge is 0.353 e. The van der Waals surface area contributed by atoms with Crippen LogP contribution in [0.1, 0.15) is 32.1 Å². The van der Waals surface area contributed by atoms with Crippen molar-refractivity contribution in [1.29, 1.82) is 0 Å². The lowest BCUT2D eigenvalue weighted by Gasteiger charge is -2.22. The fraction of sp³-hybridized carbons (Fsp3) is 0.800. The van der Waals surface area contributed by atoms with Crippen LogP contribution in [0.25, 0.3) is 0 Å². The molecule has 68 valence electrons. The highest BCUT2D eigenvalue weighted by molar-refractivity contribution is 4.82. The zero-order chi connectivity index (χ0) is 8.65. The van der Waals surface area contributed by atoms with Crippen molar-refractivity contribution in [3.8, 4) is 12.3 Å². The van der Waals surface area contributed by atoms with Gasteiger partial charge in [0.15, 0.2) is 6.29 Å². The van der Waals surface area contributed by atoms with Crippen LogP contribution in [0.2, 0.25) is 0 Å². The van der Waals surface area contributed by atoms with E-state index >= 15 is 0 Å². The van der Waals surface area contributed by atoms with Crippen LogP contribution in [-0.2, 0) is 9.47 Å². The molecule has 0 aromatic carbocycles. The average molecular weight is 168 g/mol. The predicted octanol–water partition coefficient (Wildman–Crippen LogP) is 1.94. The Morgan fingerprint density at radius 3 is 3.08 bits per heavy atom. The monoisotopic (exact) mass is 168 g/mol. The molecule has 0 saturated carbocycles. The Labute approximate surface area is 74.2 Å². The first-order chi connectivity index (χ1) is 5.93. The molecule has 1 unspecified atom stereocenters. The second kappa shape index (κ2) is 6.05. The van der Waals surface area contributed by atoms with E-state index in [0.29, 0.717) is 0 Å². The van der Waals surface area contributed by atoms with E-state index in [1.165, 1.54) is 12.8 Å². The molecule has 1 atom stereocenters. The Hall–Kier alpha value is -0.520. The van der Waals surface area contributed by atoms with Crippen LogP contribution >= 0.6 is 0 Å². The normalized spacial score (nSPS) is 23.4. The van der Waals surface area contributed by atoms with Crippen molar-refractivity contribution in [3.05, 3.63) is 0 Å². The Bertz CT molecular complexity index is 142. The summed E-state index contributed by atoms with van der Waals surface area (Å²) < 4.78 is 10.9. The van der Waals surface area contributed by atoms with Gasteiger partial charge in [-0.25, -0.2) is 0 Å². The number of terminal acetylenes is 1.